The van der Waals surface area contributed by atoms with Gasteiger partial charge in [-0.2, -0.15) is 8.78 Å². The number of cyclic esters (lactones) is 1. The van der Waals surface area contributed by atoms with Crippen molar-refractivity contribution in [3.8, 4) is 11.5 Å². The van der Waals surface area contributed by atoms with Gasteiger partial charge >= 0.3 is 12.6 Å². The summed E-state index contributed by atoms with van der Waals surface area (Å²) in [7, 11) is 1.33. The number of carbonyl (C=O) groups excluding carboxylic acids is 1. The van der Waals surface area contributed by atoms with Gasteiger partial charge in [0.2, 0.25) is 5.90 Å². The second-order valence-corrected chi connectivity index (χ2v) is 6.02. The van der Waals surface area contributed by atoms with Crippen molar-refractivity contribution < 1.29 is 27.8 Å². The van der Waals surface area contributed by atoms with Crippen molar-refractivity contribution in [3.63, 3.8) is 0 Å². The highest BCUT2D eigenvalue weighted by Gasteiger charge is 2.25. The molecule has 0 bridgehead atoms. The summed E-state index contributed by atoms with van der Waals surface area (Å²) < 4.78 is 40.9. The Balaban J connectivity index is 2.01. The minimum atomic E-state index is -3.04. The van der Waals surface area contributed by atoms with E-state index in [9.17, 15) is 13.6 Å². The lowest BCUT2D eigenvalue weighted by atomic mass is 10.1. The van der Waals surface area contributed by atoms with Crippen LogP contribution in [-0.2, 0) is 9.53 Å². The maximum Gasteiger partial charge on any atom is 0.387 e. The van der Waals surface area contributed by atoms with E-state index >= 15 is 0 Å². The van der Waals surface area contributed by atoms with E-state index in [1.807, 2.05) is 6.07 Å². The van der Waals surface area contributed by atoms with Crippen molar-refractivity contribution in [1.82, 2.24) is 0 Å². The smallest absolute Gasteiger partial charge is 0.387 e. The van der Waals surface area contributed by atoms with Gasteiger partial charge in [-0.1, -0.05) is 34.1 Å². The standard InChI is InChI=1S/C18H12BrF2NO4/c1-24-14-7-3-4-10(15(14)25-18(20)21)9-13-17(23)26-16(22-13)11-5-2-6-12(19)8-11/h2-9,18H,1H3/b13-9-. The van der Waals surface area contributed by atoms with E-state index in [2.05, 4.69) is 25.7 Å². The van der Waals surface area contributed by atoms with Gasteiger partial charge in [0.05, 0.1) is 7.11 Å². The van der Waals surface area contributed by atoms with Crippen molar-refractivity contribution in [2.24, 2.45) is 4.99 Å². The number of carbonyl (C=O) groups is 1. The maximum absolute atomic E-state index is 12.7. The number of halogens is 3. The molecule has 2 aromatic carbocycles. The molecule has 2 aromatic rings. The third-order valence-corrected chi connectivity index (χ3v) is 3.91. The highest BCUT2D eigenvalue weighted by molar-refractivity contribution is 9.10. The molecule has 26 heavy (non-hydrogen) atoms. The molecule has 3 rings (SSSR count). The molecule has 0 fully saturated rings. The van der Waals surface area contributed by atoms with Crippen molar-refractivity contribution in [3.05, 3.63) is 63.8 Å². The Hall–Kier alpha value is -2.74. The van der Waals surface area contributed by atoms with Crippen LogP contribution in [0.4, 0.5) is 8.78 Å². The van der Waals surface area contributed by atoms with E-state index in [1.165, 1.54) is 25.3 Å². The number of esters is 1. The monoisotopic (exact) mass is 423 g/mol. The minimum absolute atomic E-state index is 0.0349. The van der Waals surface area contributed by atoms with Crippen LogP contribution < -0.4 is 9.47 Å². The van der Waals surface area contributed by atoms with Crippen molar-refractivity contribution >= 4 is 33.9 Å². The Bertz CT molecular complexity index is 912. The molecular weight excluding hydrogens is 412 g/mol. The molecule has 1 aliphatic rings. The summed E-state index contributed by atoms with van der Waals surface area (Å²) in [6.45, 7) is -3.04. The summed E-state index contributed by atoms with van der Waals surface area (Å²) in [5.41, 5.74) is 0.786. The number of hydrogen-bond donors (Lipinski definition) is 0. The zero-order valence-corrected chi connectivity index (χ0v) is 15.0. The van der Waals surface area contributed by atoms with Crippen LogP contribution in [0.1, 0.15) is 11.1 Å². The Morgan fingerprint density at radius 1 is 1.23 bits per heavy atom. The van der Waals surface area contributed by atoms with Crippen LogP contribution in [0.2, 0.25) is 0 Å². The van der Waals surface area contributed by atoms with Crippen LogP contribution in [-0.4, -0.2) is 25.6 Å². The predicted octanol–water partition coefficient (Wildman–Crippen LogP) is 4.40. The van der Waals surface area contributed by atoms with Crippen molar-refractivity contribution in [2.45, 2.75) is 6.61 Å². The van der Waals surface area contributed by atoms with Gasteiger partial charge in [-0.25, -0.2) is 9.79 Å². The summed E-state index contributed by atoms with van der Waals surface area (Å²) in [5.74, 6) is -0.633. The number of nitrogens with zero attached hydrogens (tertiary/aromatic N) is 1. The fourth-order valence-electron chi connectivity index (χ4n) is 2.32. The lowest BCUT2D eigenvalue weighted by Gasteiger charge is -2.12. The maximum atomic E-state index is 12.7. The van der Waals surface area contributed by atoms with E-state index in [0.717, 1.165) is 4.47 Å². The van der Waals surface area contributed by atoms with Gasteiger partial charge in [0.1, 0.15) is 0 Å². The van der Waals surface area contributed by atoms with Gasteiger partial charge in [-0.05, 0) is 30.3 Å². The zero-order valence-electron chi connectivity index (χ0n) is 13.4. The lowest BCUT2D eigenvalue weighted by molar-refractivity contribution is -0.129. The molecule has 0 amide bonds. The zero-order chi connectivity index (χ0) is 18.7. The number of hydrogen-bond acceptors (Lipinski definition) is 5. The topological polar surface area (TPSA) is 57.1 Å². The van der Waals surface area contributed by atoms with E-state index in [-0.39, 0.29) is 28.7 Å². The number of para-hydroxylation sites is 1. The average Bonchev–Trinajstić information content (AvgIpc) is 2.97. The first-order chi connectivity index (χ1) is 12.5. The first-order valence-electron chi connectivity index (χ1n) is 7.38. The molecule has 8 heteroatoms. The largest absolute Gasteiger partial charge is 0.493 e. The molecule has 5 nitrogen and oxygen atoms in total. The molecule has 0 spiro atoms. The summed E-state index contributed by atoms with van der Waals surface area (Å²) in [4.78, 5) is 16.3. The van der Waals surface area contributed by atoms with Gasteiger partial charge in [0, 0.05) is 15.6 Å². The van der Waals surface area contributed by atoms with E-state index in [4.69, 9.17) is 9.47 Å². The summed E-state index contributed by atoms with van der Waals surface area (Å²) in [6.07, 6.45) is 1.31. The first-order valence-corrected chi connectivity index (χ1v) is 8.17. The Morgan fingerprint density at radius 3 is 2.69 bits per heavy atom. The third kappa shape index (κ3) is 3.91. The Morgan fingerprint density at radius 2 is 2.00 bits per heavy atom. The highest BCUT2D eigenvalue weighted by Crippen LogP contribution is 2.34. The van der Waals surface area contributed by atoms with E-state index < -0.39 is 12.6 Å². The molecule has 1 heterocycles. The molecule has 0 aliphatic carbocycles. The van der Waals surface area contributed by atoms with Gasteiger partial charge in [0.15, 0.2) is 17.2 Å². The normalized spacial score (nSPS) is 15.2. The second kappa shape index (κ2) is 7.65. The molecule has 0 N–H and O–H groups in total. The van der Waals surface area contributed by atoms with Crippen LogP contribution >= 0.6 is 15.9 Å². The van der Waals surface area contributed by atoms with Gasteiger partial charge in [0.25, 0.3) is 0 Å². The Kier molecular flexibility index (Phi) is 5.32. The Labute approximate surface area is 156 Å². The summed E-state index contributed by atoms with van der Waals surface area (Å²) in [5, 5.41) is 0. The number of benzene rings is 2. The fraction of sp³-hybridized carbons (Fsp3) is 0.111. The summed E-state index contributed by atoms with van der Waals surface area (Å²) >= 11 is 3.33. The number of ether oxygens (including phenoxy) is 3. The lowest BCUT2D eigenvalue weighted by Crippen LogP contribution is -2.06. The minimum Gasteiger partial charge on any atom is -0.493 e. The molecule has 0 radical (unpaired) electrons. The number of methoxy groups -OCH3 is 1. The van der Waals surface area contributed by atoms with E-state index in [1.54, 1.807) is 24.3 Å². The average molecular weight is 424 g/mol. The molecule has 134 valence electrons. The number of aliphatic imine (C=N–C) groups is 1. The second-order valence-electron chi connectivity index (χ2n) is 5.10. The third-order valence-electron chi connectivity index (χ3n) is 3.42. The number of alkyl halides is 2. The molecule has 0 saturated carbocycles. The van der Waals surface area contributed by atoms with Crippen LogP contribution in [0.15, 0.2) is 57.6 Å². The summed E-state index contributed by atoms with van der Waals surface area (Å²) in [6, 6.07) is 11.6. The van der Waals surface area contributed by atoms with Gasteiger partial charge in [-0.3, -0.25) is 0 Å². The highest BCUT2D eigenvalue weighted by atomic mass is 79.9. The molecule has 0 atom stereocenters. The van der Waals surface area contributed by atoms with Crippen LogP contribution in [0.5, 0.6) is 11.5 Å². The SMILES string of the molecule is COc1cccc(/C=C2\N=C(c3cccc(Br)c3)OC2=O)c1OC(F)F. The van der Waals surface area contributed by atoms with Gasteiger partial charge in [-0.15, -0.1) is 0 Å². The quantitative estimate of drug-likeness (QED) is 0.528. The van der Waals surface area contributed by atoms with Crippen molar-refractivity contribution in [1.29, 1.82) is 0 Å². The van der Waals surface area contributed by atoms with Crippen molar-refractivity contribution in [2.75, 3.05) is 7.11 Å². The first kappa shape index (κ1) is 18.1. The van der Waals surface area contributed by atoms with Crippen LogP contribution in [0.25, 0.3) is 6.08 Å². The van der Waals surface area contributed by atoms with Crippen LogP contribution in [0, 0.1) is 0 Å². The van der Waals surface area contributed by atoms with Crippen LogP contribution in [0.3, 0.4) is 0 Å². The number of rotatable bonds is 5. The fourth-order valence-corrected chi connectivity index (χ4v) is 2.72. The molecule has 1 aliphatic heterocycles. The van der Waals surface area contributed by atoms with E-state index in [0.29, 0.717) is 5.56 Å². The molecular formula is C18H12BrF2NO4. The predicted molar refractivity (Wildman–Crippen MR) is 94.4 cm³/mol. The molecule has 0 aromatic heterocycles. The van der Waals surface area contributed by atoms with Gasteiger partial charge < -0.3 is 14.2 Å². The molecule has 0 unspecified atom stereocenters. The molecule has 0 saturated heterocycles.